The number of hydrogen-bond acceptors (Lipinski definition) is 4. The van der Waals surface area contributed by atoms with Gasteiger partial charge in [-0.3, -0.25) is 4.79 Å². The predicted molar refractivity (Wildman–Crippen MR) is 47.8 cm³/mol. The maximum absolute atomic E-state index is 11.0. The Morgan fingerprint density at radius 3 is 3.00 bits per heavy atom. The standard InChI is InChI=1S/C7H10N4O/c1-3-9-6-5(8)7(12)11-4(2)10-6/h3H,1,8H2,2H3,(H2,9,10,11,12). The van der Waals surface area contributed by atoms with E-state index in [1.807, 2.05) is 0 Å². The molecule has 1 heterocycles. The summed E-state index contributed by atoms with van der Waals surface area (Å²) in [6.07, 6.45) is 1.41. The van der Waals surface area contributed by atoms with E-state index in [-0.39, 0.29) is 11.2 Å². The van der Waals surface area contributed by atoms with Crippen LogP contribution in [0.25, 0.3) is 0 Å². The van der Waals surface area contributed by atoms with E-state index in [9.17, 15) is 4.79 Å². The lowest BCUT2D eigenvalue weighted by molar-refractivity contribution is 1.03. The number of hydrogen-bond donors (Lipinski definition) is 3. The molecule has 0 aliphatic rings. The molecule has 64 valence electrons. The van der Waals surface area contributed by atoms with Gasteiger partial charge in [0.1, 0.15) is 11.5 Å². The Balaban J connectivity index is 3.27. The van der Waals surface area contributed by atoms with Crippen molar-refractivity contribution in [2.24, 2.45) is 0 Å². The fourth-order valence-corrected chi connectivity index (χ4v) is 0.802. The second-order valence-corrected chi connectivity index (χ2v) is 2.26. The molecule has 0 aromatic carbocycles. The van der Waals surface area contributed by atoms with Crippen LogP contribution in [0.15, 0.2) is 17.6 Å². The fraction of sp³-hybridized carbons (Fsp3) is 0.143. The van der Waals surface area contributed by atoms with Crippen molar-refractivity contribution in [2.45, 2.75) is 6.92 Å². The minimum atomic E-state index is -0.341. The average Bonchev–Trinajstić information content (AvgIpc) is 2.00. The van der Waals surface area contributed by atoms with E-state index in [4.69, 9.17) is 5.73 Å². The lowest BCUT2D eigenvalue weighted by atomic mass is 10.4. The minimum Gasteiger partial charge on any atom is -0.391 e. The molecule has 5 heteroatoms. The molecule has 0 atom stereocenters. The number of anilines is 2. The van der Waals surface area contributed by atoms with Crippen LogP contribution in [0.3, 0.4) is 0 Å². The van der Waals surface area contributed by atoms with Gasteiger partial charge in [-0.05, 0) is 13.1 Å². The third-order valence-corrected chi connectivity index (χ3v) is 1.31. The number of rotatable bonds is 2. The molecule has 0 bridgehead atoms. The zero-order valence-corrected chi connectivity index (χ0v) is 6.72. The number of aromatic amines is 1. The van der Waals surface area contributed by atoms with E-state index < -0.39 is 0 Å². The van der Waals surface area contributed by atoms with Crippen molar-refractivity contribution in [2.75, 3.05) is 11.1 Å². The van der Waals surface area contributed by atoms with Crippen molar-refractivity contribution in [1.82, 2.24) is 9.97 Å². The van der Waals surface area contributed by atoms with Gasteiger partial charge in [-0.1, -0.05) is 6.58 Å². The molecule has 0 aliphatic heterocycles. The van der Waals surface area contributed by atoms with E-state index in [0.29, 0.717) is 11.6 Å². The highest BCUT2D eigenvalue weighted by Gasteiger charge is 2.03. The van der Waals surface area contributed by atoms with Crippen molar-refractivity contribution in [3.05, 3.63) is 29.0 Å². The Morgan fingerprint density at radius 2 is 2.42 bits per heavy atom. The van der Waals surface area contributed by atoms with Crippen molar-refractivity contribution < 1.29 is 0 Å². The van der Waals surface area contributed by atoms with E-state index in [1.54, 1.807) is 6.92 Å². The van der Waals surface area contributed by atoms with Gasteiger partial charge in [0.05, 0.1) is 0 Å². The Hall–Kier alpha value is -1.78. The van der Waals surface area contributed by atoms with E-state index in [2.05, 4.69) is 21.9 Å². The van der Waals surface area contributed by atoms with Gasteiger partial charge in [-0.2, -0.15) is 0 Å². The highest BCUT2D eigenvalue weighted by Crippen LogP contribution is 2.07. The first-order valence-corrected chi connectivity index (χ1v) is 3.39. The van der Waals surface area contributed by atoms with Crippen LogP contribution in [0.1, 0.15) is 5.82 Å². The van der Waals surface area contributed by atoms with Gasteiger partial charge in [0.2, 0.25) is 0 Å². The zero-order valence-electron chi connectivity index (χ0n) is 6.72. The Bertz CT molecular complexity index is 355. The van der Waals surface area contributed by atoms with Crippen LogP contribution in [0.5, 0.6) is 0 Å². The quantitative estimate of drug-likeness (QED) is 0.586. The van der Waals surface area contributed by atoms with Crippen LogP contribution in [-0.2, 0) is 0 Å². The molecule has 4 N–H and O–H groups in total. The molecule has 12 heavy (non-hydrogen) atoms. The average molecular weight is 166 g/mol. The van der Waals surface area contributed by atoms with E-state index >= 15 is 0 Å². The molecule has 5 nitrogen and oxygen atoms in total. The number of nitrogen functional groups attached to an aromatic ring is 1. The van der Waals surface area contributed by atoms with E-state index in [1.165, 1.54) is 6.20 Å². The molecule has 0 saturated carbocycles. The molecule has 0 unspecified atom stereocenters. The van der Waals surface area contributed by atoms with Gasteiger partial charge < -0.3 is 16.0 Å². The Labute approximate surface area is 69.3 Å². The van der Waals surface area contributed by atoms with Gasteiger partial charge in [-0.25, -0.2) is 4.98 Å². The smallest absolute Gasteiger partial charge is 0.276 e. The third-order valence-electron chi connectivity index (χ3n) is 1.31. The number of H-pyrrole nitrogens is 1. The zero-order chi connectivity index (χ0) is 9.14. The van der Waals surface area contributed by atoms with Gasteiger partial charge in [0.15, 0.2) is 5.82 Å². The second-order valence-electron chi connectivity index (χ2n) is 2.26. The molecule has 0 fully saturated rings. The first-order valence-electron chi connectivity index (χ1n) is 3.39. The van der Waals surface area contributed by atoms with Crippen LogP contribution in [0.4, 0.5) is 11.5 Å². The van der Waals surface area contributed by atoms with Crippen LogP contribution < -0.4 is 16.6 Å². The third kappa shape index (κ3) is 1.45. The lowest BCUT2D eigenvalue weighted by Gasteiger charge is -2.02. The molecule has 1 aromatic rings. The van der Waals surface area contributed by atoms with Gasteiger partial charge in [-0.15, -0.1) is 0 Å². The van der Waals surface area contributed by atoms with Gasteiger partial charge in [0.25, 0.3) is 5.56 Å². The first-order chi connectivity index (χ1) is 5.65. The second kappa shape index (κ2) is 3.08. The molecule has 1 aromatic heterocycles. The highest BCUT2D eigenvalue weighted by molar-refractivity contribution is 5.60. The number of nitrogens with two attached hydrogens (primary N) is 1. The predicted octanol–water partition coefficient (Wildman–Crippen LogP) is 0.216. The lowest BCUT2D eigenvalue weighted by Crippen LogP contribution is -2.16. The molecular weight excluding hydrogens is 156 g/mol. The van der Waals surface area contributed by atoms with Crippen LogP contribution in [0.2, 0.25) is 0 Å². The summed E-state index contributed by atoms with van der Waals surface area (Å²) in [5.74, 6) is 0.852. The van der Waals surface area contributed by atoms with Crippen LogP contribution in [0, 0.1) is 6.92 Å². The molecule has 0 radical (unpaired) electrons. The number of aryl methyl sites for hydroxylation is 1. The summed E-state index contributed by atoms with van der Waals surface area (Å²) in [5.41, 5.74) is 5.15. The summed E-state index contributed by atoms with van der Waals surface area (Å²) >= 11 is 0. The molecule has 0 spiro atoms. The van der Waals surface area contributed by atoms with Crippen LogP contribution in [-0.4, -0.2) is 9.97 Å². The Morgan fingerprint density at radius 1 is 1.75 bits per heavy atom. The fourth-order valence-electron chi connectivity index (χ4n) is 0.802. The number of aromatic nitrogens is 2. The number of nitrogens with one attached hydrogen (secondary N) is 2. The van der Waals surface area contributed by atoms with Crippen molar-refractivity contribution in [1.29, 1.82) is 0 Å². The summed E-state index contributed by atoms with van der Waals surface area (Å²) in [6.45, 7) is 5.11. The van der Waals surface area contributed by atoms with E-state index in [0.717, 1.165) is 0 Å². The minimum absolute atomic E-state index is 0.0699. The summed E-state index contributed by atoms with van der Waals surface area (Å²) < 4.78 is 0. The van der Waals surface area contributed by atoms with Crippen molar-refractivity contribution in [3.8, 4) is 0 Å². The number of nitrogens with zero attached hydrogens (tertiary/aromatic N) is 1. The largest absolute Gasteiger partial charge is 0.391 e. The SMILES string of the molecule is C=CNc1nc(C)[nH]c(=O)c1N. The molecular formula is C7H10N4O. The molecule has 0 saturated heterocycles. The summed E-state index contributed by atoms with van der Waals surface area (Å²) in [6, 6.07) is 0. The highest BCUT2D eigenvalue weighted by atomic mass is 16.1. The van der Waals surface area contributed by atoms with Gasteiger partial charge in [0, 0.05) is 0 Å². The van der Waals surface area contributed by atoms with Crippen molar-refractivity contribution in [3.63, 3.8) is 0 Å². The first kappa shape index (κ1) is 8.32. The van der Waals surface area contributed by atoms with Crippen LogP contribution >= 0.6 is 0 Å². The molecule has 1 rings (SSSR count). The molecule has 0 amide bonds. The summed E-state index contributed by atoms with van der Waals surface area (Å²) in [4.78, 5) is 17.5. The normalized spacial score (nSPS) is 9.42. The molecule has 0 aliphatic carbocycles. The maximum atomic E-state index is 11.0. The monoisotopic (exact) mass is 166 g/mol. The maximum Gasteiger partial charge on any atom is 0.276 e. The summed E-state index contributed by atoms with van der Waals surface area (Å²) in [7, 11) is 0. The van der Waals surface area contributed by atoms with Crippen molar-refractivity contribution >= 4 is 11.5 Å². The van der Waals surface area contributed by atoms with Gasteiger partial charge >= 0.3 is 0 Å². The summed E-state index contributed by atoms with van der Waals surface area (Å²) in [5, 5.41) is 2.67. The topological polar surface area (TPSA) is 83.8 Å². The Kier molecular flexibility index (Phi) is 2.14.